The molecule has 0 aromatic carbocycles. The maximum atomic E-state index is 6.48. The molecule has 1 aromatic heterocycles. The van der Waals surface area contributed by atoms with E-state index in [1.807, 2.05) is 11.7 Å². The van der Waals surface area contributed by atoms with Gasteiger partial charge in [-0.3, -0.25) is 4.68 Å². The topological polar surface area (TPSA) is 43.8 Å². The quantitative estimate of drug-likeness (QED) is 0.815. The maximum absolute atomic E-state index is 6.48. The average molecular weight is 247 g/mol. The summed E-state index contributed by atoms with van der Waals surface area (Å²) in [5.41, 5.74) is 11.4. The summed E-state index contributed by atoms with van der Waals surface area (Å²) in [6.07, 6.45) is 9.99. The Morgan fingerprint density at radius 3 is 2.61 bits per heavy atom. The second-order valence-corrected chi connectivity index (χ2v) is 5.42. The minimum Gasteiger partial charge on any atom is -0.320 e. The van der Waals surface area contributed by atoms with E-state index in [9.17, 15) is 0 Å². The summed E-state index contributed by atoms with van der Waals surface area (Å²) < 4.78 is 1.94. The van der Waals surface area contributed by atoms with E-state index in [1.165, 1.54) is 48.9 Å². The molecule has 100 valence electrons. The van der Waals surface area contributed by atoms with E-state index in [-0.39, 0.29) is 6.04 Å². The molecule has 1 aromatic rings. The Hall–Kier alpha value is -1.09. The lowest BCUT2D eigenvalue weighted by atomic mass is 9.90. The predicted octanol–water partition coefficient (Wildman–Crippen LogP) is 3.32. The molecule has 0 radical (unpaired) electrons. The van der Waals surface area contributed by atoms with Crippen molar-refractivity contribution >= 4 is 0 Å². The SMILES string of the molecule is Cc1nn(C)c(C)c1C(N)C1=CCCCCCC1. The summed E-state index contributed by atoms with van der Waals surface area (Å²) in [4.78, 5) is 0. The Balaban J connectivity index is 2.26. The molecule has 1 aliphatic carbocycles. The fourth-order valence-corrected chi connectivity index (χ4v) is 2.92. The van der Waals surface area contributed by atoms with Crippen LogP contribution in [0.2, 0.25) is 0 Å². The molecule has 0 amide bonds. The molecule has 1 aliphatic rings. The summed E-state index contributed by atoms with van der Waals surface area (Å²) in [7, 11) is 1.99. The molecule has 2 rings (SSSR count). The fourth-order valence-electron chi connectivity index (χ4n) is 2.92. The highest BCUT2D eigenvalue weighted by Crippen LogP contribution is 2.30. The highest BCUT2D eigenvalue weighted by atomic mass is 15.3. The number of allylic oxidation sites excluding steroid dienone is 1. The lowest BCUT2D eigenvalue weighted by molar-refractivity contribution is 0.601. The van der Waals surface area contributed by atoms with Crippen LogP contribution in [0.25, 0.3) is 0 Å². The van der Waals surface area contributed by atoms with E-state index in [2.05, 4.69) is 25.0 Å². The third kappa shape index (κ3) is 2.66. The minimum atomic E-state index is 0.0387. The van der Waals surface area contributed by atoms with E-state index in [4.69, 9.17) is 5.73 Å². The first-order chi connectivity index (χ1) is 8.61. The second-order valence-electron chi connectivity index (χ2n) is 5.42. The molecule has 0 fully saturated rings. The summed E-state index contributed by atoms with van der Waals surface area (Å²) in [5.74, 6) is 0. The Kier molecular flexibility index (Phi) is 4.23. The molecular weight excluding hydrogens is 222 g/mol. The molecule has 1 unspecified atom stereocenters. The first-order valence-electron chi connectivity index (χ1n) is 7.06. The van der Waals surface area contributed by atoms with Gasteiger partial charge in [0, 0.05) is 18.3 Å². The van der Waals surface area contributed by atoms with Crippen LogP contribution in [0.1, 0.15) is 61.5 Å². The molecule has 0 bridgehead atoms. The fraction of sp³-hybridized carbons (Fsp3) is 0.667. The largest absolute Gasteiger partial charge is 0.320 e. The molecule has 0 spiro atoms. The maximum Gasteiger partial charge on any atom is 0.0647 e. The molecule has 2 N–H and O–H groups in total. The van der Waals surface area contributed by atoms with Gasteiger partial charge in [0.05, 0.1) is 11.7 Å². The zero-order valence-corrected chi connectivity index (χ0v) is 11.9. The Morgan fingerprint density at radius 2 is 1.94 bits per heavy atom. The third-order valence-corrected chi connectivity index (χ3v) is 4.10. The zero-order chi connectivity index (χ0) is 13.1. The Labute approximate surface area is 110 Å². The van der Waals surface area contributed by atoms with E-state index in [0.29, 0.717) is 0 Å². The van der Waals surface area contributed by atoms with Gasteiger partial charge in [-0.15, -0.1) is 0 Å². The van der Waals surface area contributed by atoms with Crippen LogP contribution in [0.4, 0.5) is 0 Å². The molecular formula is C15H25N3. The van der Waals surface area contributed by atoms with Gasteiger partial charge in [-0.1, -0.05) is 24.5 Å². The van der Waals surface area contributed by atoms with Crippen LogP contribution in [0.5, 0.6) is 0 Å². The van der Waals surface area contributed by atoms with Gasteiger partial charge in [-0.2, -0.15) is 5.10 Å². The van der Waals surface area contributed by atoms with Crippen LogP contribution < -0.4 is 5.73 Å². The minimum absolute atomic E-state index is 0.0387. The van der Waals surface area contributed by atoms with Crippen LogP contribution in [0.15, 0.2) is 11.6 Å². The van der Waals surface area contributed by atoms with Crippen molar-refractivity contribution in [2.24, 2.45) is 12.8 Å². The van der Waals surface area contributed by atoms with E-state index in [0.717, 1.165) is 12.1 Å². The number of aromatic nitrogens is 2. The summed E-state index contributed by atoms with van der Waals surface area (Å²) in [5, 5.41) is 4.48. The van der Waals surface area contributed by atoms with Gasteiger partial charge in [-0.25, -0.2) is 0 Å². The van der Waals surface area contributed by atoms with Crippen molar-refractivity contribution in [1.82, 2.24) is 9.78 Å². The number of rotatable bonds is 2. The first kappa shape index (κ1) is 13.3. The van der Waals surface area contributed by atoms with E-state index in [1.54, 1.807) is 0 Å². The Morgan fingerprint density at radius 1 is 1.22 bits per heavy atom. The molecule has 3 heteroatoms. The number of hydrogen-bond acceptors (Lipinski definition) is 2. The molecule has 0 aliphatic heterocycles. The van der Waals surface area contributed by atoms with Crippen LogP contribution in [-0.4, -0.2) is 9.78 Å². The van der Waals surface area contributed by atoms with Gasteiger partial charge in [-0.05, 0) is 39.5 Å². The van der Waals surface area contributed by atoms with Gasteiger partial charge < -0.3 is 5.73 Å². The Bertz CT molecular complexity index is 443. The number of aryl methyl sites for hydroxylation is 2. The normalized spacial score (nSPS) is 19.0. The second kappa shape index (κ2) is 5.70. The molecule has 0 saturated heterocycles. The molecule has 1 heterocycles. The number of nitrogens with two attached hydrogens (primary N) is 1. The number of hydrogen-bond donors (Lipinski definition) is 1. The van der Waals surface area contributed by atoms with Crippen LogP contribution in [-0.2, 0) is 7.05 Å². The lowest BCUT2D eigenvalue weighted by Gasteiger charge is -2.19. The average Bonchev–Trinajstić information content (AvgIpc) is 2.52. The van der Waals surface area contributed by atoms with E-state index < -0.39 is 0 Å². The van der Waals surface area contributed by atoms with Gasteiger partial charge in [0.1, 0.15) is 0 Å². The van der Waals surface area contributed by atoms with Crippen molar-refractivity contribution < 1.29 is 0 Å². The van der Waals surface area contributed by atoms with Gasteiger partial charge in [0.25, 0.3) is 0 Å². The summed E-state index contributed by atoms with van der Waals surface area (Å²) >= 11 is 0. The highest BCUT2D eigenvalue weighted by molar-refractivity contribution is 5.34. The van der Waals surface area contributed by atoms with Gasteiger partial charge in [0.2, 0.25) is 0 Å². The molecule has 1 atom stereocenters. The molecule has 18 heavy (non-hydrogen) atoms. The van der Waals surface area contributed by atoms with Crippen molar-refractivity contribution in [3.8, 4) is 0 Å². The van der Waals surface area contributed by atoms with Crippen molar-refractivity contribution in [2.45, 2.75) is 58.4 Å². The van der Waals surface area contributed by atoms with Crippen LogP contribution in [0.3, 0.4) is 0 Å². The predicted molar refractivity (Wildman–Crippen MR) is 75.4 cm³/mol. The van der Waals surface area contributed by atoms with E-state index >= 15 is 0 Å². The number of nitrogens with zero attached hydrogens (tertiary/aromatic N) is 2. The van der Waals surface area contributed by atoms with Crippen molar-refractivity contribution in [2.75, 3.05) is 0 Å². The smallest absolute Gasteiger partial charge is 0.0647 e. The molecule has 0 saturated carbocycles. The third-order valence-electron chi connectivity index (χ3n) is 4.10. The van der Waals surface area contributed by atoms with Crippen molar-refractivity contribution in [1.29, 1.82) is 0 Å². The van der Waals surface area contributed by atoms with Crippen molar-refractivity contribution in [3.63, 3.8) is 0 Å². The summed E-state index contributed by atoms with van der Waals surface area (Å²) in [6.45, 7) is 4.17. The van der Waals surface area contributed by atoms with Crippen LogP contribution in [0, 0.1) is 13.8 Å². The zero-order valence-electron chi connectivity index (χ0n) is 11.9. The standard InChI is InChI=1S/C15H25N3/c1-11-14(12(2)18(3)17-11)15(16)13-9-7-5-4-6-8-10-13/h9,15H,4-8,10,16H2,1-3H3. The lowest BCUT2D eigenvalue weighted by Crippen LogP contribution is -2.16. The summed E-state index contributed by atoms with van der Waals surface area (Å²) in [6, 6.07) is 0.0387. The van der Waals surface area contributed by atoms with Gasteiger partial charge >= 0.3 is 0 Å². The highest BCUT2D eigenvalue weighted by Gasteiger charge is 2.20. The molecule has 3 nitrogen and oxygen atoms in total. The van der Waals surface area contributed by atoms with Gasteiger partial charge in [0.15, 0.2) is 0 Å². The van der Waals surface area contributed by atoms with Crippen LogP contribution >= 0.6 is 0 Å². The van der Waals surface area contributed by atoms with Crippen molar-refractivity contribution in [3.05, 3.63) is 28.6 Å². The first-order valence-corrected chi connectivity index (χ1v) is 7.06. The monoisotopic (exact) mass is 247 g/mol.